The summed E-state index contributed by atoms with van der Waals surface area (Å²) >= 11 is 0. The molecule has 1 N–H and O–H groups in total. The molecule has 0 amide bonds. The molecule has 8 heteroatoms. The Morgan fingerprint density at radius 2 is 2.21 bits per heavy atom. The molecule has 24 heavy (non-hydrogen) atoms. The number of likely N-dealkylation sites (tertiary alicyclic amines) is 1. The smallest absolute Gasteiger partial charge is 0.259 e. The van der Waals surface area contributed by atoms with Crippen molar-refractivity contribution in [3.8, 4) is 0 Å². The first-order valence-corrected chi connectivity index (χ1v) is 9.54. The van der Waals surface area contributed by atoms with E-state index in [4.69, 9.17) is 0 Å². The van der Waals surface area contributed by atoms with E-state index in [0.29, 0.717) is 18.3 Å². The van der Waals surface area contributed by atoms with Gasteiger partial charge in [-0.1, -0.05) is 6.07 Å². The van der Waals surface area contributed by atoms with E-state index in [0.717, 1.165) is 31.7 Å². The molecule has 0 saturated carbocycles. The van der Waals surface area contributed by atoms with Gasteiger partial charge in [0.2, 0.25) is 0 Å². The molecule has 3 rings (SSSR count). The van der Waals surface area contributed by atoms with Crippen LogP contribution in [0.5, 0.6) is 0 Å². The second-order valence-electron chi connectivity index (χ2n) is 6.30. The van der Waals surface area contributed by atoms with Crippen LogP contribution in [0.3, 0.4) is 0 Å². The maximum Gasteiger partial charge on any atom is 0.259 e. The Labute approximate surface area is 142 Å². The van der Waals surface area contributed by atoms with Crippen molar-refractivity contribution in [3.63, 3.8) is 0 Å². The number of sulfonamides is 1. The van der Waals surface area contributed by atoms with Crippen LogP contribution in [-0.2, 0) is 23.6 Å². The molecule has 1 atom stereocenters. The largest absolute Gasteiger partial charge is 0.337 e. The maximum atomic E-state index is 12.3. The van der Waals surface area contributed by atoms with Crippen molar-refractivity contribution in [1.82, 2.24) is 24.2 Å². The van der Waals surface area contributed by atoms with E-state index < -0.39 is 10.0 Å². The minimum Gasteiger partial charge on any atom is -0.337 e. The molecule has 1 aliphatic heterocycles. The molecule has 0 radical (unpaired) electrons. The van der Waals surface area contributed by atoms with Gasteiger partial charge >= 0.3 is 0 Å². The van der Waals surface area contributed by atoms with Gasteiger partial charge in [-0.15, -0.1) is 0 Å². The highest BCUT2D eigenvalue weighted by atomic mass is 32.2. The summed E-state index contributed by atoms with van der Waals surface area (Å²) in [6.45, 7) is 4.87. The fourth-order valence-electron chi connectivity index (χ4n) is 2.90. The van der Waals surface area contributed by atoms with E-state index in [1.54, 1.807) is 30.9 Å². The zero-order valence-corrected chi connectivity index (χ0v) is 14.8. The molecule has 0 unspecified atom stereocenters. The minimum atomic E-state index is -3.54. The number of hydrogen-bond acceptors (Lipinski definition) is 5. The standard InChI is InChI=1S/C16H23N5O2S/c1-13-19-16(12-20(13)2)24(22,23)18-9-14-6-8-21(10-14)11-15-5-3-4-7-17-15/h3-5,7,12,14,18H,6,8-11H2,1-2H3/t14-/m1/s1. The van der Waals surface area contributed by atoms with E-state index in [9.17, 15) is 8.42 Å². The van der Waals surface area contributed by atoms with Gasteiger partial charge in [-0.2, -0.15) is 0 Å². The Kier molecular flexibility index (Phi) is 4.98. The molecular weight excluding hydrogens is 326 g/mol. The van der Waals surface area contributed by atoms with Gasteiger partial charge in [-0.25, -0.2) is 18.1 Å². The van der Waals surface area contributed by atoms with Crippen LogP contribution in [-0.4, -0.2) is 47.5 Å². The minimum absolute atomic E-state index is 0.0887. The summed E-state index contributed by atoms with van der Waals surface area (Å²) in [7, 11) is -1.75. The normalized spacial score (nSPS) is 19.0. The number of rotatable bonds is 6. The lowest BCUT2D eigenvalue weighted by molar-refractivity contribution is 0.313. The predicted octanol–water partition coefficient (Wildman–Crippen LogP) is 0.924. The van der Waals surface area contributed by atoms with Crippen molar-refractivity contribution in [2.24, 2.45) is 13.0 Å². The first-order valence-electron chi connectivity index (χ1n) is 8.06. The highest BCUT2D eigenvalue weighted by Crippen LogP contribution is 2.18. The lowest BCUT2D eigenvalue weighted by Gasteiger charge is -2.15. The van der Waals surface area contributed by atoms with Crippen LogP contribution in [0.4, 0.5) is 0 Å². The molecule has 7 nitrogen and oxygen atoms in total. The number of aromatic nitrogens is 3. The molecule has 2 aromatic heterocycles. The van der Waals surface area contributed by atoms with Crippen molar-refractivity contribution >= 4 is 10.0 Å². The van der Waals surface area contributed by atoms with Gasteiger partial charge in [0.1, 0.15) is 5.82 Å². The average Bonchev–Trinajstić information content (AvgIpc) is 3.14. The first-order chi connectivity index (χ1) is 11.4. The molecule has 0 spiro atoms. The Morgan fingerprint density at radius 3 is 2.88 bits per heavy atom. The van der Waals surface area contributed by atoms with E-state index >= 15 is 0 Å². The van der Waals surface area contributed by atoms with Gasteiger partial charge in [0.15, 0.2) is 5.03 Å². The van der Waals surface area contributed by atoms with Gasteiger partial charge in [0.25, 0.3) is 10.0 Å². The van der Waals surface area contributed by atoms with Crippen LogP contribution >= 0.6 is 0 Å². The van der Waals surface area contributed by atoms with Crippen molar-refractivity contribution < 1.29 is 8.42 Å². The molecule has 1 aliphatic rings. The molecule has 0 aromatic carbocycles. The number of pyridine rings is 1. The van der Waals surface area contributed by atoms with E-state index in [1.807, 2.05) is 18.2 Å². The number of hydrogen-bond donors (Lipinski definition) is 1. The Hall–Kier alpha value is -1.77. The molecule has 130 valence electrons. The highest BCUT2D eigenvalue weighted by molar-refractivity contribution is 7.89. The van der Waals surface area contributed by atoms with Gasteiger partial charge in [0, 0.05) is 39.1 Å². The molecule has 1 fully saturated rings. The Morgan fingerprint density at radius 1 is 1.38 bits per heavy atom. The maximum absolute atomic E-state index is 12.3. The quantitative estimate of drug-likeness (QED) is 0.839. The van der Waals surface area contributed by atoms with Gasteiger partial charge < -0.3 is 4.57 Å². The summed E-state index contributed by atoms with van der Waals surface area (Å²) in [6.07, 6.45) is 4.32. The number of nitrogens with zero attached hydrogens (tertiary/aromatic N) is 4. The lowest BCUT2D eigenvalue weighted by atomic mass is 10.1. The Bertz CT molecular complexity index is 769. The fourth-order valence-corrected chi connectivity index (χ4v) is 4.05. The monoisotopic (exact) mass is 349 g/mol. The van der Waals surface area contributed by atoms with Crippen LogP contribution in [0, 0.1) is 12.8 Å². The SMILES string of the molecule is Cc1nc(S(=O)(=O)NC[C@H]2CCN(Cc3ccccn3)C2)cn1C. The third-order valence-electron chi connectivity index (χ3n) is 4.41. The molecule has 0 aliphatic carbocycles. The summed E-state index contributed by atoms with van der Waals surface area (Å²) in [5.74, 6) is 0.992. The van der Waals surface area contributed by atoms with Crippen LogP contribution in [0.1, 0.15) is 17.9 Å². The molecule has 1 saturated heterocycles. The summed E-state index contributed by atoms with van der Waals surface area (Å²) in [6, 6.07) is 5.91. The number of aryl methyl sites for hydroxylation is 2. The number of nitrogens with one attached hydrogen (secondary N) is 1. The van der Waals surface area contributed by atoms with Crippen LogP contribution in [0.2, 0.25) is 0 Å². The zero-order chi connectivity index (χ0) is 17.2. The molecular formula is C16H23N5O2S. The van der Waals surface area contributed by atoms with Gasteiger partial charge in [-0.05, 0) is 37.9 Å². The summed E-state index contributed by atoms with van der Waals surface area (Å²) in [4.78, 5) is 10.7. The summed E-state index contributed by atoms with van der Waals surface area (Å²) in [5, 5.41) is 0.0887. The second-order valence-corrected chi connectivity index (χ2v) is 8.01. The van der Waals surface area contributed by atoms with E-state index in [1.165, 1.54) is 0 Å². The first kappa shape index (κ1) is 17.1. The zero-order valence-electron chi connectivity index (χ0n) is 14.0. The summed E-state index contributed by atoms with van der Waals surface area (Å²) < 4.78 is 29.0. The van der Waals surface area contributed by atoms with Crippen LogP contribution < -0.4 is 4.72 Å². The number of imidazole rings is 1. The topological polar surface area (TPSA) is 80.1 Å². The fraction of sp³-hybridized carbons (Fsp3) is 0.500. The van der Waals surface area contributed by atoms with Gasteiger partial charge in [-0.3, -0.25) is 9.88 Å². The van der Waals surface area contributed by atoms with Crippen molar-refractivity contribution in [2.45, 2.75) is 24.9 Å². The van der Waals surface area contributed by atoms with Gasteiger partial charge in [0.05, 0.1) is 5.69 Å². The van der Waals surface area contributed by atoms with Crippen molar-refractivity contribution in [3.05, 3.63) is 42.1 Å². The summed E-state index contributed by atoms with van der Waals surface area (Å²) in [5.41, 5.74) is 1.04. The third kappa shape index (κ3) is 4.00. The van der Waals surface area contributed by atoms with Crippen molar-refractivity contribution in [2.75, 3.05) is 19.6 Å². The third-order valence-corrected chi connectivity index (χ3v) is 5.70. The Balaban J connectivity index is 1.52. The highest BCUT2D eigenvalue weighted by Gasteiger charge is 2.25. The van der Waals surface area contributed by atoms with Crippen molar-refractivity contribution in [1.29, 1.82) is 0 Å². The average molecular weight is 349 g/mol. The van der Waals surface area contributed by atoms with Crippen LogP contribution in [0.15, 0.2) is 35.6 Å². The molecule has 3 heterocycles. The predicted molar refractivity (Wildman–Crippen MR) is 90.8 cm³/mol. The lowest BCUT2D eigenvalue weighted by Crippen LogP contribution is -2.31. The molecule has 2 aromatic rings. The van der Waals surface area contributed by atoms with E-state index in [2.05, 4.69) is 19.6 Å². The van der Waals surface area contributed by atoms with Crippen LogP contribution in [0.25, 0.3) is 0 Å². The van der Waals surface area contributed by atoms with E-state index in [-0.39, 0.29) is 5.03 Å². The second kappa shape index (κ2) is 7.00. The molecule has 0 bridgehead atoms.